The molecule has 1 N–H and O–H groups in total. The Morgan fingerprint density at radius 3 is 2.56 bits per heavy atom. The van der Waals surface area contributed by atoms with Crippen LogP contribution in [-0.2, 0) is 6.54 Å². The van der Waals surface area contributed by atoms with Crippen molar-refractivity contribution < 1.29 is 18.3 Å². The predicted molar refractivity (Wildman–Crippen MR) is 87.6 cm³/mol. The van der Waals surface area contributed by atoms with Gasteiger partial charge in [-0.05, 0) is 24.3 Å². The van der Waals surface area contributed by atoms with E-state index in [1.54, 1.807) is 13.2 Å². The minimum absolute atomic E-state index is 0.0533. The van der Waals surface area contributed by atoms with Crippen LogP contribution in [0.15, 0.2) is 54.7 Å². The Morgan fingerprint density at radius 2 is 1.84 bits per heavy atom. The highest BCUT2D eigenvalue weighted by molar-refractivity contribution is 5.92. The summed E-state index contributed by atoms with van der Waals surface area (Å²) in [6.45, 7) is 0.240. The Hall–Kier alpha value is -3.22. The minimum Gasteiger partial charge on any atom is -0.496 e. The van der Waals surface area contributed by atoms with Gasteiger partial charge in [0.1, 0.15) is 11.4 Å². The van der Waals surface area contributed by atoms with E-state index in [1.807, 2.05) is 18.2 Å². The maximum absolute atomic E-state index is 13.8. The molecule has 0 bridgehead atoms. The van der Waals surface area contributed by atoms with E-state index in [0.717, 1.165) is 22.4 Å². The molecule has 0 aliphatic heterocycles. The molecule has 0 saturated carbocycles. The molecule has 0 aliphatic carbocycles. The zero-order valence-electron chi connectivity index (χ0n) is 13.4. The molecular formula is C18H15F2N3O2. The number of hydrogen-bond acceptors (Lipinski definition) is 3. The van der Waals surface area contributed by atoms with Crippen molar-refractivity contribution in [3.05, 3.63) is 77.6 Å². The summed E-state index contributed by atoms with van der Waals surface area (Å²) in [4.78, 5) is 12.2. The number of rotatable bonds is 5. The summed E-state index contributed by atoms with van der Waals surface area (Å²) in [6, 6.07) is 12.2. The number of nitrogens with zero attached hydrogens (tertiary/aromatic N) is 2. The summed E-state index contributed by atoms with van der Waals surface area (Å²) in [5.41, 5.74) is 0.529. The molecule has 5 nitrogen and oxygen atoms in total. The molecule has 2 aromatic carbocycles. The largest absolute Gasteiger partial charge is 0.496 e. The molecule has 0 aliphatic rings. The van der Waals surface area contributed by atoms with Crippen LogP contribution in [0.3, 0.4) is 0 Å². The lowest BCUT2D eigenvalue weighted by atomic mass is 10.2. The van der Waals surface area contributed by atoms with Crippen molar-refractivity contribution >= 4 is 5.91 Å². The fraction of sp³-hybridized carbons (Fsp3) is 0.111. The van der Waals surface area contributed by atoms with E-state index < -0.39 is 17.5 Å². The Balaban J connectivity index is 1.75. The van der Waals surface area contributed by atoms with Crippen molar-refractivity contribution in [2.45, 2.75) is 6.54 Å². The lowest BCUT2D eigenvalue weighted by Crippen LogP contribution is -2.23. The van der Waals surface area contributed by atoms with Gasteiger partial charge in [0.25, 0.3) is 5.91 Å². The van der Waals surface area contributed by atoms with Crippen LogP contribution in [0.5, 0.6) is 5.75 Å². The maximum Gasteiger partial charge on any atom is 0.272 e. The SMILES string of the molecule is COc1ccccc1CNC(=O)c1ccn(-c2c(F)cccc2F)n1. The monoisotopic (exact) mass is 343 g/mol. The van der Waals surface area contributed by atoms with Gasteiger partial charge in [-0.3, -0.25) is 4.79 Å². The molecular weight excluding hydrogens is 328 g/mol. The second kappa shape index (κ2) is 7.12. The first kappa shape index (κ1) is 16.6. The van der Waals surface area contributed by atoms with Crippen molar-refractivity contribution in [3.63, 3.8) is 0 Å². The number of para-hydroxylation sites is 2. The summed E-state index contributed by atoms with van der Waals surface area (Å²) >= 11 is 0. The predicted octanol–water partition coefficient (Wildman–Crippen LogP) is 3.09. The first-order valence-corrected chi connectivity index (χ1v) is 7.50. The van der Waals surface area contributed by atoms with E-state index in [0.29, 0.717) is 5.75 Å². The summed E-state index contributed by atoms with van der Waals surface area (Å²) in [5.74, 6) is -1.32. The first-order valence-electron chi connectivity index (χ1n) is 7.50. The van der Waals surface area contributed by atoms with Gasteiger partial charge in [0.2, 0.25) is 0 Å². The molecule has 3 aromatic rings. The van der Waals surface area contributed by atoms with Crippen LogP contribution in [0.2, 0.25) is 0 Å². The number of carbonyl (C=O) groups excluding carboxylic acids is 1. The molecule has 7 heteroatoms. The van der Waals surface area contributed by atoms with Gasteiger partial charge in [-0.25, -0.2) is 13.5 Å². The van der Waals surface area contributed by atoms with Crippen molar-refractivity contribution in [3.8, 4) is 11.4 Å². The fourth-order valence-electron chi connectivity index (χ4n) is 2.39. The average Bonchev–Trinajstić information content (AvgIpc) is 3.09. The summed E-state index contributed by atoms with van der Waals surface area (Å²) in [6.07, 6.45) is 1.33. The number of amides is 1. The van der Waals surface area contributed by atoms with Gasteiger partial charge in [0, 0.05) is 18.3 Å². The number of nitrogens with one attached hydrogen (secondary N) is 1. The van der Waals surface area contributed by atoms with E-state index >= 15 is 0 Å². The highest BCUT2D eigenvalue weighted by atomic mass is 19.1. The van der Waals surface area contributed by atoms with E-state index in [2.05, 4.69) is 10.4 Å². The molecule has 0 unspecified atom stereocenters. The topological polar surface area (TPSA) is 56.1 Å². The van der Waals surface area contributed by atoms with E-state index in [1.165, 1.54) is 18.3 Å². The minimum atomic E-state index is -0.760. The van der Waals surface area contributed by atoms with Crippen LogP contribution in [0.4, 0.5) is 8.78 Å². The Bertz CT molecular complexity index is 889. The Labute approximate surface area is 142 Å². The molecule has 3 rings (SSSR count). The van der Waals surface area contributed by atoms with Gasteiger partial charge in [0.05, 0.1) is 7.11 Å². The molecule has 0 spiro atoms. The van der Waals surface area contributed by atoms with Crippen molar-refractivity contribution in [1.82, 2.24) is 15.1 Å². The fourth-order valence-corrected chi connectivity index (χ4v) is 2.39. The van der Waals surface area contributed by atoms with Crippen molar-refractivity contribution in [1.29, 1.82) is 0 Å². The van der Waals surface area contributed by atoms with Gasteiger partial charge < -0.3 is 10.1 Å². The quantitative estimate of drug-likeness (QED) is 0.774. The van der Waals surface area contributed by atoms with Gasteiger partial charge in [-0.15, -0.1) is 0 Å². The number of methoxy groups -OCH3 is 1. The number of carbonyl (C=O) groups is 1. The van der Waals surface area contributed by atoms with Crippen LogP contribution >= 0.6 is 0 Å². The molecule has 1 amide bonds. The molecule has 1 aromatic heterocycles. The van der Waals surface area contributed by atoms with Crippen molar-refractivity contribution in [2.75, 3.05) is 7.11 Å². The smallest absolute Gasteiger partial charge is 0.272 e. The third kappa shape index (κ3) is 3.50. The molecule has 0 saturated heterocycles. The third-order valence-corrected chi connectivity index (χ3v) is 3.62. The molecule has 1 heterocycles. The number of benzene rings is 2. The molecule has 0 fully saturated rings. The van der Waals surface area contributed by atoms with Gasteiger partial charge in [-0.1, -0.05) is 24.3 Å². The highest BCUT2D eigenvalue weighted by Gasteiger charge is 2.15. The van der Waals surface area contributed by atoms with Crippen LogP contribution in [0.1, 0.15) is 16.1 Å². The van der Waals surface area contributed by atoms with Crippen LogP contribution in [0, 0.1) is 11.6 Å². The van der Waals surface area contributed by atoms with Crippen LogP contribution in [0.25, 0.3) is 5.69 Å². The molecule has 0 atom stereocenters. The van der Waals surface area contributed by atoms with E-state index in [-0.39, 0.29) is 17.9 Å². The second-order valence-electron chi connectivity index (χ2n) is 5.21. The Kier molecular flexibility index (Phi) is 4.74. The Morgan fingerprint density at radius 1 is 1.12 bits per heavy atom. The zero-order valence-corrected chi connectivity index (χ0v) is 13.4. The van der Waals surface area contributed by atoms with Crippen LogP contribution < -0.4 is 10.1 Å². The summed E-state index contributed by atoms with van der Waals surface area (Å²) in [7, 11) is 1.55. The molecule has 0 radical (unpaired) electrons. The van der Waals surface area contributed by atoms with Gasteiger partial charge in [0.15, 0.2) is 17.3 Å². The highest BCUT2D eigenvalue weighted by Crippen LogP contribution is 2.18. The first-order chi connectivity index (χ1) is 12.1. The van der Waals surface area contributed by atoms with E-state index in [4.69, 9.17) is 4.74 Å². The van der Waals surface area contributed by atoms with Gasteiger partial charge >= 0.3 is 0 Å². The average molecular weight is 343 g/mol. The molecule has 128 valence electrons. The third-order valence-electron chi connectivity index (χ3n) is 3.62. The van der Waals surface area contributed by atoms with E-state index in [9.17, 15) is 13.6 Å². The number of halogens is 2. The lowest BCUT2D eigenvalue weighted by molar-refractivity contribution is 0.0945. The number of hydrogen-bond donors (Lipinski definition) is 1. The number of aromatic nitrogens is 2. The molecule has 25 heavy (non-hydrogen) atoms. The summed E-state index contributed by atoms with van der Waals surface area (Å²) < 4.78 is 33.8. The lowest BCUT2D eigenvalue weighted by Gasteiger charge is -2.08. The van der Waals surface area contributed by atoms with Crippen molar-refractivity contribution in [2.24, 2.45) is 0 Å². The maximum atomic E-state index is 13.8. The zero-order chi connectivity index (χ0) is 17.8. The number of ether oxygens (including phenoxy) is 1. The summed E-state index contributed by atoms with van der Waals surface area (Å²) in [5, 5.41) is 6.65. The normalized spacial score (nSPS) is 10.5. The van der Waals surface area contributed by atoms with Gasteiger partial charge in [-0.2, -0.15) is 5.10 Å². The second-order valence-corrected chi connectivity index (χ2v) is 5.21. The van der Waals surface area contributed by atoms with Crippen LogP contribution in [-0.4, -0.2) is 22.8 Å². The standard InChI is InChI=1S/C18H15F2N3O2/c1-25-16-8-3-2-5-12(16)11-21-18(24)15-9-10-23(22-15)17-13(19)6-4-7-14(17)20/h2-10H,11H2,1H3,(H,21,24).